The lowest BCUT2D eigenvalue weighted by Gasteiger charge is -2.44. The average Bonchev–Trinajstić information content (AvgIpc) is 2.53. The van der Waals surface area contributed by atoms with E-state index in [1.807, 2.05) is 13.2 Å². The van der Waals surface area contributed by atoms with Gasteiger partial charge in [0.2, 0.25) is 0 Å². The monoisotopic (exact) mass is 287 g/mol. The second-order valence-electron chi connectivity index (χ2n) is 7.02. The van der Waals surface area contributed by atoms with Crippen molar-refractivity contribution >= 4 is 0 Å². The Kier molecular flexibility index (Phi) is 4.91. The van der Waals surface area contributed by atoms with E-state index >= 15 is 0 Å². The minimum absolute atomic E-state index is 0.707. The Bertz CT molecular complexity index is 424. The van der Waals surface area contributed by atoms with Crippen LogP contribution in [-0.4, -0.2) is 30.0 Å². The van der Waals surface area contributed by atoms with Crippen molar-refractivity contribution in [2.75, 3.05) is 20.1 Å². The van der Waals surface area contributed by atoms with Crippen molar-refractivity contribution in [3.63, 3.8) is 0 Å². The molecule has 0 bridgehead atoms. The number of nitrogens with zero attached hydrogens (tertiary/aromatic N) is 2. The summed E-state index contributed by atoms with van der Waals surface area (Å²) in [5, 5.41) is 3.17. The zero-order chi connectivity index (χ0) is 14.5. The molecule has 21 heavy (non-hydrogen) atoms. The van der Waals surface area contributed by atoms with Crippen molar-refractivity contribution in [3.05, 3.63) is 29.6 Å². The predicted octanol–water partition coefficient (Wildman–Crippen LogP) is 3.35. The maximum atomic E-state index is 4.61. The van der Waals surface area contributed by atoms with Crippen molar-refractivity contribution in [2.24, 2.45) is 5.41 Å². The van der Waals surface area contributed by atoms with Gasteiger partial charge < -0.3 is 5.32 Å². The second kappa shape index (κ2) is 6.89. The smallest absolute Gasteiger partial charge is 0.0544 e. The molecule has 1 aromatic heterocycles. The van der Waals surface area contributed by atoms with Gasteiger partial charge in [0, 0.05) is 19.3 Å². The van der Waals surface area contributed by atoms with Crippen LogP contribution in [0.15, 0.2) is 18.3 Å². The lowest BCUT2D eigenvalue weighted by atomic mass is 9.68. The van der Waals surface area contributed by atoms with Gasteiger partial charge in [0.1, 0.15) is 0 Å². The van der Waals surface area contributed by atoms with Crippen LogP contribution in [0.1, 0.15) is 56.2 Å². The fourth-order valence-electron chi connectivity index (χ4n) is 4.07. The number of pyridine rings is 1. The molecule has 0 amide bonds. The lowest BCUT2D eigenvalue weighted by molar-refractivity contribution is 0.0635. The first-order valence-corrected chi connectivity index (χ1v) is 8.60. The molecule has 0 atom stereocenters. The van der Waals surface area contributed by atoms with Crippen LogP contribution in [0.5, 0.6) is 0 Å². The van der Waals surface area contributed by atoms with Gasteiger partial charge in [-0.2, -0.15) is 0 Å². The van der Waals surface area contributed by atoms with Gasteiger partial charge >= 0.3 is 0 Å². The topological polar surface area (TPSA) is 28.2 Å². The summed E-state index contributed by atoms with van der Waals surface area (Å²) in [5.74, 6) is 0. The molecule has 1 saturated heterocycles. The van der Waals surface area contributed by atoms with E-state index in [0.29, 0.717) is 5.41 Å². The fraction of sp³-hybridized carbons (Fsp3) is 0.722. The summed E-state index contributed by atoms with van der Waals surface area (Å²) >= 11 is 0. The minimum Gasteiger partial charge on any atom is -0.316 e. The first kappa shape index (κ1) is 15.0. The molecule has 0 aromatic carbocycles. The summed E-state index contributed by atoms with van der Waals surface area (Å²) in [6, 6.07) is 4.39. The van der Waals surface area contributed by atoms with Crippen LogP contribution in [0.3, 0.4) is 0 Å². The molecule has 1 aliphatic carbocycles. The molecule has 3 nitrogen and oxygen atoms in total. The zero-order valence-electron chi connectivity index (χ0n) is 13.4. The third-order valence-electron chi connectivity index (χ3n) is 5.48. The number of rotatable bonds is 4. The lowest BCUT2D eigenvalue weighted by Crippen LogP contribution is -2.40. The molecular weight excluding hydrogens is 258 g/mol. The van der Waals surface area contributed by atoms with E-state index in [1.54, 1.807) is 0 Å². The first-order valence-electron chi connectivity index (χ1n) is 8.60. The van der Waals surface area contributed by atoms with Crippen LogP contribution >= 0.6 is 0 Å². The number of nitrogens with one attached hydrogen (secondary N) is 1. The Morgan fingerprint density at radius 3 is 2.48 bits per heavy atom. The van der Waals surface area contributed by atoms with E-state index in [9.17, 15) is 0 Å². The summed E-state index contributed by atoms with van der Waals surface area (Å²) < 4.78 is 0. The number of hydrogen-bond donors (Lipinski definition) is 1. The molecule has 1 aliphatic heterocycles. The van der Waals surface area contributed by atoms with Gasteiger partial charge in [-0.05, 0) is 62.9 Å². The molecule has 0 radical (unpaired) electrons. The normalized spacial score (nSPS) is 22.5. The number of piperidine rings is 1. The average molecular weight is 287 g/mol. The Hall–Kier alpha value is -0.930. The van der Waals surface area contributed by atoms with Gasteiger partial charge in [0.25, 0.3) is 0 Å². The minimum atomic E-state index is 0.707. The van der Waals surface area contributed by atoms with Gasteiger partial charge in [-0.15, -0.1) is 0 Å². The summed E-state index contributed by atoms with van der Waals surface area (Å²) in [5.41, 5.74) is 3.19. The molecule has 1 N–H and O–H groups in total. The molecule has 2 heterocycles. The van der Waals surface area contributed by atoms with Crippen LogP contribution in [0.2, 0.25) is 0 Å². The quantitative estimate of drug-likeness (QED) is 0.920. The largest absolute Gasteiger partial charge is 0.316 e. The molecule has 116 valence electrons. The molecule has 1 spiro atoms. The summed E-state index contributed by atoms with van der Waals surface area (Å²) in [6.07, 6.45) is 12.2. The molecule has 2 fully saturated rings. The van der Waals surface area contributed by atoms with E-state index in [-0.39, 0.29) is 0 Å². The highest BCUT2D eigenvalue weighted by atomic mass is 15.1. The molecular formula is C18H29N3. The van der Waals surface area contributed by atoms with Gasteiger partial charge in [-0.1, -0.05) is 25.3 Å². The summed E-state index contributed by atoms with van der Waals surface area (Å²) in [6.45, 7) is 4.45. The predicted molar refractivity (Wildman–Crippen MR) is 87.0 cm³/mol. The highest BCUT2D eigenvalue weighted by Gasteiger charge is 2.35. The Morgan fingerprint density at radius 2 is 1.86 bits per heavy atom. The molecule has 3 rings (SSSR count). The van der Waals surface area contributed by atoms with Crippen molar-refractivity contribution < 1.29 is 0 Å². The van der Waals surface area contributed by atoms with Crippen LogP contribution in [0, 0.1) is 5.41 Å². The van der Waals surface area contributed by atoms with Crippen molar-refractivity contribution in [1.29, 1.82) is 0 Å². The van der Waals surface area contributed by atoms with E-state index in [4.69, 9.17) is 0 Å². The second-order valence-corrected chi connectivity index (χ2v) is 7.02. The number of likely N-dealkylation sites (tertiary alicyclic amines) is 1. The Balaban J connectivity index is 1.50. The number of hydrogen-bond acceptors (Lipinski definition) is 3. The van der Waals surface area contributed by atoms with Crippen molar-refractivity contribution in [1.82, 2.24) is 15.2 Å². The third kappa shape index (κ3) is 3.83. The standard InChI is InChI=1S/C18H29N3/c1-19-13-16-5-6-17(20-14-16)15-21-11-9-18(10-12-21)7-3-2-4-8-18/h5-6,14,19H,2-4,7-13,15H2,1H3. The zero-order valence-corrected chi connectivity index (χ0v) is 13.4. The van der Waals surface area contributed by atoms with E-state index < -0.39 is 0 Å². The SMILES string of the molecule is CNCc1ccc(CN2CCC3(CCCCC3)CC2)nc1. The van der Waals surface area contributed by atoms with E-state index in [2.05, 4.69) is 27.3 Å². The van der Waals surface area contributed by atoms with Gasteiger partial charge in [-0.25, -0.2) is 0 Å². The van der Waals surface area contributed by atoms with Crippen LogP contribution in [0.25, 0.3) is 0 Å². The summed E-state index contributed by atoms with van der Waals surface area (Å²) in [7, 11) is 1.97. The molecule has 2 aliphatic rings. The maximum absolute atomic E-state index is 4.61. The Labute approximate surface area is 129 Å². The molecule has 1 saturated carbocycles. The maximum Gasteiger partial charge on any atom is 0.0544 e. The highest BCUT2D eigenvalue weighted by Crippen LogP contribution is 2.44. The highest BCUT2D eigenvalue weighted by molar-refractivity contribution is 5.14. The molecule has 0 unspecified atom stereocenters. The van der Waals surface area contributed by atoms with Crippen molar-refractivity contribution in [3.8, 4) is 0 Å². The van der Waals surface area contributed by atoms with Gasteiger partial charge in [-0.3, -0.25) is 9.88 Å². The third-order valence-corrected chi connectivity index (χ3v) is 5.48. The van der Waals surface area contributed by atoms with E-state index in [0.717, 1.165) is 13.1 Å². The molecule has 3 heteroatoms. The van der Waals surface area contributed by atoms with Crippen LogP contribution < -0.4 is 5.32 Å². The Morgan fingerprint density at radius 1 is 1.10 bits per heavy atom. The first-order chi connectivity index (χ1) is 10.3. The fourth-order valence-corrected chi connectivity index (χ4v) is 4.07. The summed E-state index contributed by atoms with van der Waals surface area (Å²) in [4.78, 5) is 7.21. The van der Waals surface area contributed by atoms with Gasteiger partial charge in [0.05, 0.1) is 5.69 Å². The van der Waals surface area contributed by atoms with Crippen LogP contribution in [0.4, 0.5) is 0 Å². The van der Waals surface area contributed by atoms with Gasteiger partial charge in [0.15, 0.2) is 0 Å². The van der Waals surface area contributed by atoms with Crippen molar-refractivity contribution in [2.45, 2.75) is 58.0 Å². The van der Waals surface area contributed by atoms with E-state index in [1.165, 1.54) is 69.3 Å². The molecule has 1 aromatic rings. The van der Waals surface area contributed by atoms with Crippen LogP contribution in [-0.2, 0) is 13.1 Å². The number of aromatic nitrogens is 1.